The number of esters is 1. The van der Waals surface area contributed by atoms with Gasteiger partial charge in [-0.3, -0.25) is 0 Å². The standard InChI is InChI=1S/C14H12FNO3/c1-19-14(18)10-4-2-9(7-12(10)16)8-3-5-13(17)11(15)6-8/h2-7,17H,16H2,1H3. The predicted octanol–water partition coefficient (Wildman–Crippen LogP) is 2.57. The summed E-state index contributed by atoms with van der Waals surface area (Å²) in [6, 6.07) is 8.72. The molecule has 2 aromatic rings. The van der Waals surface area contributed by atoms with Crippen LogP contribution < -0.4 is 5.73 Å². The van der Waals surface area contributed by atoms with Gasteiger partial charge in [-0.1, -0.05) is 12.1 Å². The molecule has 3 N–H and O–H groups in total. The summed E-state index contributed by atoms with van der Waals surface area (Å²) in [6.07, 6.45) is 0. The molecule has 0 aromatic heterocycles. The molecule has 0 spiro atoms. The van der Waals surface area contributed by atoms with E-state index in [1.165, 1.54) is 25.3 Å². The summed E-state index contributed by atoms with van der Waals surface area (Å²) < 4.78 is 17.9. The summed E-state index contributed by atoms with van der Waals surface area (Å²) in [5.41, 5.74) is 7.46. The second-order valence-electron chi connectivity index (χ2n) is 3.96. The fourth-order valence-electron chi connectivity index (χ4n) is 1.72. The van der Waals surface area contributed by atoms with Gasteiger partial charge < -0.3 is 15.6 Å². The van der Waals surface area contributed by atoms with E-state index in [-0.39, 0.29) is 11.3 Å². The first-order valence-corrected chi connectivity index (χ1v) is 5.49. The van der Waals surface area contributed by atoms with Crippen LogP contribution in [0, 0.1) is 5.82 Å². The van der Waals surface area contributed by atoms with E-state index >= 15 is 0 Å². The number of benzene rings is 2. The van der Waals surface area contributed by atoms with Gasteiger partial charge in [0.15, 0.2) is 11.6 Å². The first kappa shape index (κ1) is 12.9. The molecule has 2 aromatic carbocycles. The summed E-state index contributed by atoms with van der Waals surface area (Å²) in [5.74, 6) is -1.66. The van der Waals surface area contributed by atoms with Crippen molar-refractivity contribution < 1.29 is 19.0 Å². The van der Waals surface area contributed by atoms with Crippen LogP contribution in [0.2, 0.25) is 0 Å². The number of nitrogen functional groups attached to an aromatic ring is 1. The molecule has 0 saturated carbocycles. The van der Waals surface area contributed by atoms with E-state index in [0.29, 0.717) is 11.1 Å². The van der Waals surface area contributed by atoms with Crippen molar-refractivity contribution in [2.75, 3.05) is 12.8 Å². The lowest BCUT2D eigenvalue weighted by Gasteiger charge is -2.07. The van der Waals surface area contributed by atoms with Crippen LogP contribution in [0.25, 0.3) is 11.1 Å². The number of halogens is 1. The van der Waals surface area contributed by atoms with Crippen LogP contribution in [0.15, 0.2) is 36.4 Å². The number of hydrogen-bond donors (Lipinski definition) is 2. The molecule has 0 radical (unpaired) electrons. The number of rotatable bonds is 2. The summed E-state index contributed by atoms with van der Waals surface area (Å²) in [5, 5.41) is 9.13. The van der Waals surface area contributed by atoms with Crippen molar-refractivity contribution in [1.29, 1.82) is 0 Å². The number of ether oxygens (including phenoxy) is 1. The molecule has 0 aliphatic heterocycles. The van der Waals surface area contributed by atoms with Crippen LogP contribution in [0.5, 0.6) is 5.75 Å². The molecule has 0 fully saturated rings. The molecule has 19 heavy (non-hydrogen) atoms. The van der Waals surface area contributed by atoms with Crippen molar-refractivity contribution in [3.63, 3.8) is 0 Å². The Balaban J connectivity index is 2.44. The first-order valence-electron chi connectivity index (χ1n) is 5.49. The lowest BCUT2D eigenvalue weighted by atomic mass is 10.0. The van der Waals surface area contributed by atoms with Gasteiger partial charge in [0.2, 0.25) is 0 Å². The van der Waals surface area contributed by atoms with Crippen molar-refractivity contribution in [2.45, 2.75) is 0 Å². The van der Waals surface area contributed by atoms with Crippen LogP contribution in [0.3, 0.4) is 0 Å². The molecular formula is C14H12FNO3. The quantitative estimate of drug-likeness (QED) is 0.643. The van der Waals surface area contributed by atoms with Crippen LogP contribution >= 0.6 is 0 Å². The fraction of sp³-hybridized carbons (Fsp3) is 0.0714. The molecule has 0 heterocycles. The average Bonchev–Trinajstić information content (AvgIpc) is 2.41. The number of anilines is 1. The maximum Gasteiger partial charge on any atom is 0.339 e. The van der Waals surface area contributed by atoms with Crippen LogP contribution in [-0.4, -0.2) is 18.2 Å². The molecule has 5 heteroatoms. The zero-order chi connectivity index (χ0) is 14.0. The largest absolute Gasteiger partial charge is 0.505 e. The minimum absolute atomic E-state index is 0.248. The molecule has 0 saturated heterocycles. The first-order chi connectivity index (χ1) is 9.02. The highest BCUT2D eigenvalue weighted by atomic mass is 19.1. The summed E-state index contributed by atoms with van der Waals surface area (Å²) in [6.45, 7) is 0. The number of phenolic OH excluding ortho intramolecular Hbond substituents is 1. The van der Waals surface area contributed by atoms with E-state index in [9.17, 15) is 9.18 Å². The number of methoxy groups -OCH3 is 1. The minimum Gasteiger partial charge on any atom is -0.505 e. The Morgan fingerprint density at radius 3 is 2.42 bits per heavy atom. The summed E-state index contributed by atoms with van der Waals surface area (Å²) in [7, 11) is 1.27. The number of carbonyl (C=O) groups is 1. The number of hydrogen-bond acceptors (Lipinski definition) is 4. The van der Waals surface area contributed by atoms with Crippen molar-refractivity contribution in [3.05, 3.63) is 47.8 Å². The van der Waals surface area contributed by atoms with Gasteiger partial charge in [0.1, 0.15) is 0 Å². The number of nitrogens with two attached hydrogens (primary N) is 1. The SMILES string of the molecule is COC(=O)c1ccc(-c2ccc(O)c(F)c2)cc1N. The Morgan fingerprint density at radius 1 is 1.21 bits per heavy atom. The van der Waals surface area contributed by atoms with E-state index in [1.807, 2.05) is 0 Å². The van der Waals surface area contributed by atoms with E-state index in [1.54, 1.807) is 18.2 Å². The normalized spacial score (nSPS) is 10.2. The van der Waals surface area contributed by atoms with E-state index in [4.69, 9.17) is 10.8 Å². The van der Waals surface area contributed by atoms with Gasteiger partial charge in [-0.15, -0.1) is 0 Å². The summed E-state index contributed by atoms with van der Waals surface area (Å²) >= 11 is 0. The second kappa shape index (κ2) is 4.97. The van der Waals surface area contributed by atoms with Gasteiger partial charge in [-0.25, -0.2) is 9.18 Å². The van der Waals surface area contributed by atoms with Crippen molar-refractivity contribution >= 4 is 11.7 Å². The number of phenols is 1. The third-order valence-corrected chi connectivity index (χ3v) is 2.74. The highest BCUT2D eigenvalue weighted by Gasteiger charge is 2.11. The number of aromatic hydroxyl groups is 1. The third kappa shape index (κ3) is 2.49. The monoisotopic (exact) mass is 261 g/mol. The van der Waals surface area contributed by atoms with E-state index < -0.39 is 17.5 Å². The lowest BCUT2D eigenvalue weighted by molar-refractivity contribution is 0.0602. The summed E-state index contributed by atoms with van der Waals surface area (Å²) in [4.78, 5) is 11.4. The van der Waals surface area contributed by atoms with Crippen LogP contribution in [0.4, 0.5) is 10.1 Å². The zero-order valence-electron chi connectivity index (χ0n) is 10.2. The van der Waals surface area contributed by atoms with Crippen molar-refractivity contribution in [3.8, 4) is 16.9 Å². The Labute approximate surface area is 109 Å². The molecular weight excluding hydrogens is 249 g/mol. The Kier molecular flexibility index (Phi) is 3.37. The predicted molar refractivity (Wildman–Crippen MR) is 69.3 cm³/mol. The Morgan fingerprint density at radius 2 is 1.84 bits per heavy atom. The molecule has 0 unspecified atom stereocenters. The molecule has 0 bridgehead atoms. The second-order valence-corrected chi connectivity index (χ2v) is 3.96. The molecule has 0 amide bonds. The van der Waals surface area contributed by atoms with E-state index in [0.717, 1.165) is 0 Å². The highest BCUT2D eigenvalue weighted by molar-refractivity contribution is 5.96. The molecule has 4 nitrogen and oxygen atoms in total. The van der Waals surface area contributed by atoms with Gasteiger partial charge in [-0.05, 0) is 35.4 Å². The molecule has 98 valence electrons. The van der Waals surface area contributed by atoms with Crippen LogP contribution in [-0.2, 0) is 4.74 Å². The maximum atomic E-state index is 13.3. The highest BCUT2D eigenvalue weighted by Crippen LogP contribution is 2.27. The average molecular weight is 261 g/mol. The Hall–Kier alpha value is -2.56. The molecule has 0 aliphatic rings. The fourth-order valence-corrected chi connectivity index (χ4v) is 1.72. The maximum absolute atomic E-state index is 13.3. The van der Waals surface area contributed by atoms with Gasteiger partial charge in [0.05, 0.1) is 12.7 Å². The van der Waals surface area contributed by atoms with Crippen molar-refractivity contribution in [2.24, 2.45) is 0 Å². The smallest absolute Gasteiger partial charge is 0.339 e. The van der Waals surface area contributed by atoms with Gasteiger partial charge >= 0.3 is 5.97 Å². The van der Waals surface area contributed by atoms with E-state index in [2.05, 4.69) is 4.74 Å². The molecule has 0 atom stereocenters. The minimum atomic E-state index is -0.715. The molecule has 0 aliphatic carbocycles. The Bertz CT molecular complexity index is 641. The topological polar surface area (TPSA) is 72.5 Å². The van der Waals surface area contributed by atoms with Crippen molar-refractivity contribution in [1.82, 2.24) is 0 Å². The molecule has 2 rings (SSSR count). The van der Waals surface area contributed by atoms with Gasteiger partial charge in [-0.2, -0.15) is 0 Å². The number of carbonyl (C=O) groups excluding carboxylic acids is 1. The van der Waals surface area contributed by atoms with Crippen LogP contribution in [0.1, 0.15) is 10.4 Å². The van der Waals surface area contributed by atoms with Gasteiger partial charge in [0, 0.05) is 5.69 Å². The lowest BCUT2D eigenvalue weighted by Crippen LogP contribution is -2.05. The zero-order valence-corrected chi connectivity index (χ0v) is 10.2. The van der Waals surface area contributed by atoms with Gasteiger partial charge in [0.25, 0.3) is 0 Å². The third-order valence-electron chi connectivity index (χ3n) is 2.74.